The van der Waals surface area contributed by atoms with Gasteiger partial charge in [0.1, 0.15) is 0 Å². The van der Waals surface area contributed by atoms with Crippen LogP contribution in [0.4, 0.5) is 0 Å². The summed E-state index contributed by atoms with van der Waals surface area (Å²) in [6.45, 7) is 10.4. The van der Waals surface area contributed by atoms with Crippen LogP contribution >= 0.6 is 0 Å². The van der Waals surface area contributed by atoms with Crippen molar-refractivity contribution in [1.82, 2.24) is 10.6 Å². The molecule has 0 atom stereocenters. The Balaban J connectivity index is 3.99. The fourth-order valence-corrected chi connectivity index (χ4v) is 1.20. The first-order chi connectivity index (χ1) is 7.22. The number of aliphatic hydroxyl groups is 1. The van der Waals surface area contributed by atoms with Crippen LogP contribution in [0.25, 0.3) is 0 Å². The van der Waals surface area contributed by atoms with Crippen molar-refractivity contribution in [2.75, 3.05) is 13.2 Å². The molecular weight excluding hydrogens is 204 g/mol. The molecule has 16 heavy (non-hydrogen) atoms. The zero-order valence-corrected chi connectivity index (χ0v) is 11.2. The summed E-state index contributed by atoms with van der Waals surface area (Å²) in [7, 11) is 0. The monoisotopic (exact) mass is 230 g/mol. The number of hydrogen-bond acceptors (Lipinski definition) is 3. The molecule has 0 spiro atoms. The Hall–Kier alpha value is -0.610. The Bertz CT molecular complexity index is 225. The van der Waals surface area contributed by atoms with Gasteiger partial charge in [0.25, 0.3) is 0 Å². The molecule has 0 fully saturated rings. The second-order valence-electron chi connectivity index (χ2n) is 5.50. The van der Waals surface area contributed by atoms with Gasteiger partial charge in [-0.25, -0.2) is 0 Å². The predicted octanol–water partition coefficient (Wildman–Crippen LogP) is 1.04. The summed E-state index contributed by atoms with van der Waals surface area (Å²) in [5.74, 6) is -0.00198. The quantitative estimate of drug-likeness (QED) is 0.612. The van der Waals surface area contributed by atoms with Crippen LogP contribution in [0.5, 0.6) is 0 Å². The second kappa shape index (κ2) is 6.21. The van der Waals surface area contributed by atoms with Crippen LogP contribution in [0.2, 0.25) is 0 Å². The molecule has 0 aliphatic heterocycles. The van der Waals surface area contributed by atoms with E-state index >= 15 is 0 Å². The van der Waals surface area contributed by atoms with E-state index in [9.17, 15) is 4.79 Å². The molecule has 96 valence electrons. The maximum atomic E-state index is 11.6. The van der Waals surface area contributed by atoms with Gasteiger partial charge < -0.3 is 15.7 Å². The molecule has 0 aromatic carbocycles. The zero-order chi connectivity index (χ0) is 12.8. The molecule has 0 saturated heterocycles. The Kier molecular flexibility index (Phi) is 5.97. The van der Waals surface area contributed by atoms with Crippen LogP contribution in [0.15, 0.2) is 0 Å². The fraction of sp³-hybridized carbons (Fsp3) is 0.917. The van der Waals surface area contributed by atoms with E-state index in [0.29, 0.717) is 6.42 Å². The molecule has 0 heterocycles. The number of rotatable bonds is 7. The average Bonchev–Trinajstić information content (AvgIpc) is 2.14. The van der Waals surface area contributed by atoms with E-state index in [2.05, 4.69) is 10.6 Å². The van der Waals surface area contributed by atoms with E-state index in [4.69, 9.17) is 5.11 Å². The van der Waals surface area contributed by atoms with E-state index in [-0.39, 0.29) is 30.1 Å². The SMILES string of the molecule is CCC(C)(C)NC(=O)CNC(C)(C)CCO. The van der Waals surface area contributed by atoms with Crippen molar-refractivity contribution in [1.29, 1.82) is 0 Å². The molecule has 0 radical (unpaired) electrons. The van der Waals surface area contributed by atoms with Gasteiger partial charge in [0.15, 0.2) is 0 Å². The third kappa shape index (κ3) is 6.80. The van der Waals surface area contributed by atoms with Crippen molar-refractivity contribution in [2.24, 2.45) is 0 Å². The summed E-state index contributed by atoms with van der Waals surface area (Å²) in [6, 6.07) is 0. The largest absolute Gasteiger partial charge is 0.396 e. The maximum absolute atomic E-state index is 11.6. The number of carbonyl (C=O) groups is 1. The Morgan fingerprint density at radius 3 is 2.19 bits per heavy atom. The molecule has 0 bridgehead atoms. The summed E-state index contributed by atoms with van der Waals surface area (Å²) in [5.41, 5.74) is -0.359. The van der Waals surface area contributed by atoms with E-state index in [1.54, 1.807) is 0 Å². The highest BCUT2D eigenvalue weighted by atomic mass is 16.3. The lowest BCUT2D eigenvalue weighted by molar-refractivity contribution is -0.122. The van der Waals surface area contributed by atoms with Gasteiger partial charge in [-0.2, -0.15) is 0 Å². The first-order valence-electron chi connectivity index (χ1n) is 5.89. The van der Waals surface area contributed by atoms with Crippen molar-refractivity contribution >= 4 is 5.91 Å². The predicted molar refractivity (Wildman–Crippen MR) is 66.3 cm³/mol. The van der Waals surface area contributed by atoms with Crippen LogP contribution < -0.4 is 10.6 Å². The van der Waals surface area contributed by atoms with Crippen molar-refractivity contribution in [2.45, 2.75) is 58.5 Å². The van der Waals surface area contributed by atoms with Gasteiger partial charge in [0, 0.05) is 17.7 Å². The van der Waals surface area contributed by atoms with Gasteiger partial charge in [0.2, 0.25) is 5.91 Å². The Morgan fingerprint density at radius 2 is 1.75 bits per heavy atom. The fourth-order valence-electron chi connectivity index (χ4n) is 1.20. The summed E-state index contributed by atoms with van der Waals surface area (Å²) in [6.07, 6.45) is 1.54. The minimum Gasteiger partial charge on any atom is -0.396 e. The average molecular weight is 230 g/mol. The second-order valence-corrected chi connectivity index (χ2v) is 5.50. The van der Waals surface area contributed by atoms with Crippen LogP contribution in [-0.4, -0.2) is 35.2 Å². The standard InChI is InChI=1S/C12H26N2O2/c1-6-11(2,3)14-10(16)9-13-12(4,5)7-8-15/h13,15H,6-9H2,1-5H3,(H,14,16). The molecule has 0 saturated carbocycles. The minimum atomic E-state index is -0.206. The van der Waals surface area contributed by atoms with Crippen molar-refractivity contribution in [3.8, 4) is 0 Å². The Labute approximate surface area is 98.8 Å². The van der Waals surface area contributed by atoms with Gasteiger partial charge in [-0.3, -0.25) is 4.79 Å². The van der Waals surface area contributed by atoms with E-state index in [0.717, 1.165) is 6.42 Å². The number of aliphatic hydroxyl groups excluding tert-OH is 1. The molecule has 4 nitrogen and oxygen atoms in total. The maximum Gasteiger partial charge on any atom is 0.234 e. The topological polar surface area (TPSA) is 61.4 Å². The molecular formula is C12H26N2O2. The normalized spacial score (nSPS) is 12.6. The number of amides is 1. The molecule has 0 aromatic rings. The van der Waals surface area contributed by atoms with Gasteiger partial charge >= 0.3 is 0 Å². The van der Waals surface area contributed by atoms with Gasteiger partial charge in [-0.1, -0.05) is 6.92 Å². The molecule has 4 heteroatoms. The van der Waals surface area contributed by atoms with Gasteiger partial charge in [-0.15, -0.1) is 0 Å². The van der Waals surface area contributed by atoms with Crippen LogP contribution in [0.1, 0.15) is 47.5 Å². The number of nitrogens with one attached hydrogen (secondary N) is 2. The highest BCUT2D eigenvalue weighted by Crippen LogP contribution is 2.08. The highest BCUT2D eigenvalue weighted by molar-refractivity contribution is 5.78. The smallest absolute Gasteiger partial charge is 0.234 e. The molecule has 1 amide bonds. The third-order valence-electron chi connectivity index (χ3n) is 2.83. The van der Waals surface area contributed by atoms with Crippen molar-refractivity contribution < 1.29 is 9.90 Å². The van der Waals surface area contributed by atoms with Gasteiger partial charge in [-0.05, 0) is 40.5 Å². The molecule has 0 aliphatic carbocycles. The van der Waals surface area contributed by atoms with Crippen LogP contribution in [0, 0.1) is 0 Å². The van der Waals surface area contributed by atoms with Gasteiger partial charge in [0.05, 0.1) is 6.54 Å². The summed E-state index contributed by atoms with van der Waals surface area (Å²) >= 11 is 0. The lowest BCUT2D eigenvalue weighted by Crippen LogP contribution is -2.50. The van der Waals surface area contributed by atoms with Crippen LogP contribution in [-0.2, 0) is 4.79 Å². The number of hydrogen-bond donors (Lipinski definition) is 3. The molecule has 0 unspecified atom stereocenters. The first-order valence-corrected chi connectivity index (χ1v) is 5.89. The lowest BCUT2D eigenvalue weighted by atomic mass is 10.0. The Morgan fingerprint density at radius 1 is 1.19 bits per heavy atom. The molecule has 3 N–H and O–H groups in total. The van der Waals surface area contributed by atoms with E-state index < -0.39 is 0 Å². The zero-order valence-electron chi connectivity index (χ0n) is 11.2. The van der Waals surface area contributed by atoms with Crippen molar-refractivity contribution in [3.63, 3.8) is 0 Å². The highest BCUT2D eigenvalue weighted by Gasteiger charge is 2.21. The summed E-state index contributed by atoms with van der Waals surface area (Å²) < 4.78 is 0. The van der Waals surface area contributed by atoms with Crippen LogP contribution in [0.3, 0.4) is 0 Å². The molecule has 0 rings (SSSR count). The molecule has 0 aliphatic rings. The van der Waals surface area contributed by atoms with E-state index in [1.165, 1.54) is 0 Å². The molecule has 0 aromatic heterocycles. The van der Waals surface area contributed by atoms with Crippen molar-refractivity contribution in [3.05, 3.63) is 0 Å². The lowest BCUT2D eigenvalue weighted by Gasteiger charge is -2.28. The summed E-state index contributed by atoms with van der Waals surface area (Å²) in [5, 5.41) is 14.9. The first kappa shape index (κ1) is 15.4. The minimum absolute atomic E-state index is 0.00198. The third-order valence-corrected chi connectivity index (χ3v) is 2.83. The number of carbonyl (C=O) groups excluding carboxylic acids is 1. The summed E-state index contributed by atoms with van der Waals surface area (Å²) in [4.78, 5) is 11.6. The van der Waals surface area contributed by atoms with E-state index in [1.807, 2.05) is 34.6 Å².